The molecule has 0 aliphatic heterocycles. The molecule has 0 heterocycles. The summed E-state index contributed by atoms with van der Waals surface area (Å²) in [7, 11) is 0. The Labute approximate surface area is 116 Å². The van der Waals surface area contributed by atoms with Crippen LogP contribution in [0, 0.1) is 12.8 Å². The zero-order chi connectivity index (χ0) is 16.0. The van der Waals surface area contributed by atoms with E-state index in [1.165, 1.54) is 0 Å². The number of hydrogen-bond donors (Lipinski definition) is 0. The van der Waals surface area contributed by atoms with E-state index in [4.69, 9.17) is 12.2 Å². The van der Waals surface area contributed by atoms with Gasteiger partial charge in [-0.3, -0.25) is 9.59 Å². The van der Waals surface area contributed by atoms with Crippen molar-refractivity contribution in [2.45, 2.75) is 27.1 Å². The van der Waals surface area contributed by atoms with Crippen LogP contribution in [-0.4, -0.2) is 25.2 Å². The molecule has 1 aromatic carbocycles. The maximum atomic E-state index is 12.0. The molecular formula is C15H20O4. The monoisotopic (exact) mass is 266 g/mol. The summed E-state index contributed by atoms with van der Waals surface area (Å²) in [6, 6.07) is 6.63. The largest absolute Gasteiger partial charge is 0.465 e. The van der Waals surface area contributed by atoms with E-state index in [1.807, 2.05) is 13.0 Å². The van der Waals surface area contributed by atoms with Gasteiger partial charge in [0, 0.05) is 2.74 Å². The Morgan fingerprint density at radius 3 is 2.26 bits per heavy atom. The second-order valence-corrected chi connectivity index (χ2v) is 3.95. The van der Waals surface area contributed by atoms with E-state index in [-0.39, 0.29) is 18.8 Å². The normalized spacial score (nSPS) is 12.6. The molecule has 19 heavy (non-hydrogen) atoms. The van der Waals surface area contributed by atoms with Gasteiger partial charge in [-0.2, -0.15) is 0 Å². The van der Waals surface area contributed by atoms with Crippen LogP contribution in [0.5, 0.6) is 0 Å². The van der Waals surface area contributed by atoms with Crippen LogP contribution in [0.3, 0.4) is 0 Å². The van der Waals surface area contributed by atoms with E-state index >= 15 is 0 Å². The summed E-state index contributed by atoms with van der Waals surface area (Å²) in [6.07, 6.45) is -2.20. The third-order valence-corrected chi connectivity index (χ3v) is 2.37. The molecule has 4 heteroatoms. The first-order chi connectivity index (χ1) is 9.84. The maximum absolute atomic E-state index is 12.0. The summed E-state index contributed by atoms with van der Waals surface area (Å²) in [5.74, 6) is -3.47. The lowest BCUT2D eigenvalue weighted by Gasteiger charge is -2.14. The fourth-order valence-electron chi connectivity index (χ4n) is 1.57. The number of rotatable bonds is 6. The molecule has 0 unspecified atom stereocenters. The molecule has 0 aliphatic rings. The van der Waals surface area contributed by atoms with Crippen LogP contribution in [0.4, 0.5) is 0 Å². The minimum absolute atomic E-state index is 0.0681. The number of benzene rings is 1. The topological polar surface area (TPSA) is 52.6 Å². The summed E-state index contributed by atoms with van der Waals surface area (Å²) in [4.78, 5) is 24.0. The van der Waals surface area contributed by atoms with Gasteiger partial charge in [0.1, 0.15) is 0 Å². The predicted octanol–water partition coefficient (Wildman–Crippen LogP) is 2.28. The molecule has 4 nitrogen and oxygen atoms in total. The Morgan fingerprint density at radius 2 is 1.79 bits per heavy atom. The average Bonchev–Trinajstić information content (AvgIpc) is 2.39. The van der Waals surface area contributed by atoms with E-state index in [9.17, 15) is 9.59 Å². The minimum atomic E-state index is -2.20. The Balaban J connectivity index is 3.22. The summed E-state index contributed by atoms with van der Waals surface area (Å²) in [5.41, 5.74) is 1.08. The molecule has 0 N–H and O–H groups in total. The van der Waals surface area contributed by atoms with E-state index in [0.717, 1.165) is 5.56 Å². The molecule has 0 saturated carbocycles. The van der Waals surface area contributed by atoms with Crippen molar-refractivity contribution in [2.75, 3.05) is 13.2 Å². The molecule has 0 aliphatic carbocycles. The van der Waals surface area contributed by atoms with Gasteiger partial charge in [0.25, 0.3) is 0 Å². The lowest BCUT2D eigenvalue weighted by Crippen LogP contribution is -2.30. The Hall–Kier alpha value is -1.84. The highest BCUT2D eigenvalue weighted by atomic mass is 16.6. The summed E-state index contributed by atoms with van der Waals surface area (Å²) >= 11 is 0. The summed E-state index contributed by atoms with van der Waals surface area (Å²) in [5, 5.41) is 0. The third kappa shape index (κ3) is 4.73. The number of hydrogen-bond acceptors (Lipinski definition) is 4. The van der Waals surface area contributed by atoms with E-state index in [2.05, 4.69) is 0 Å². The standard InChI is InChI=1S/C15H20O4/c1-4-18-14(16)13(15(17)19-5-2)10-12-8-6-7-11(3)9-12/h6-9,13H,4-5,10H2,1-3H3/i10D2. The highest BCUT2D eigenvalue weighted by Crippen LogP contribution is 2.14. The fraction of sp³-hybridized carbons (Fsp3) is 0.467. The number of carbonyl (C=O) groups excluding carboxylic acids is 2. The van der Waals surface area contributed by atoms with Gasteiger partial charge in [0.15, 0.2) is 5.92 Å². The van der Waals surface area contributed by atoms with Gasteiger partial charge in [-0.15, -0.1) is 0 Å². The second-order valence-electron chi connectivity index (χ2n) is 3.95. The van der Waals surface area contributed by atoms with Crippen molar-refractivity contribution in [2.24, 2.45) is 5.92 Å². The minimum Gasteiger partial charge on any atom is -0.465 e. The lowest BCUT2D eigenvalue weighted by atomic mass is 9.98. The maximum Gasteiger partial charge on any atom is 0.320 e. The van der Waals surface area contributed by atoms with Crippen molar-refractivity contribution < 1.29 is 21.8 Å². The van der Waals surface area contributed by atoms with Crippen LogP contribution in [0.1, 0.15) is 27.7 Å². The third-order valence-electron chi connectivity index (χ3n) is 2.37. The smallest absolute Gasteiger partial charge is 0.320 e. The van der Waals surface area contributed by atoms with Gasteiger partial charge in [-0.25, -0.2) is 0 Å². The van der Waals surface area contributed by atoms with E-state index < -0.39 is 24.2 Å². The van der Waals surface area contributed by atoms with Crippen molar-refractivity contribution in [3.05, 3.63) is 35.4 Å². The van der Waals surface area contributed by atoms with E-state index in [1.54, 1.807) is 32.0 Å². The highest BCUT2D eigenvalue weighted by molar-refractivity contribution is 5.95. The molecule has 1 aromatic rings. The van der Waals surface area contributed by atoms with Crippen molar-refractivity contribution in [1.29, 1.82) is 0 Å². The Morgan fingerprint density at radius 1 is 1.21 bits per heavy atom. The van der Waals surface area contributed by atoms with Crippen LogP contribution in [-0.2, 0) is 25.4 Å². The molecule has 104 valence electrons. The molecular weight excluding hydrogens is 244 g/mol. The Kier molecular flexibility index (Phi) is 4.86. The highest BCUT2D eigenvalue weighted by Gasteiger charge is 2.29. The average molecular weight is 266 g/mol. The molecule has 0 spiro atoms. The van der Waals surface area contributed by atoms with Crippen LogP contribution in [0.2, 0.25) is 0 Å². The number of esters is 2. The zero-order valence-corrected chi connectivity index (χ0v) is 11.4. The summed E-state index contributed by atoms with van der Waals surface area (Å²) < 4.78 is 26.1. The molecule has 0 amide bonds. The molecule has 1 rings (SSSR count). The van der Waals surface area contributed by atoms with Crippen molar-refractivity contribution >= 4 is 11.9 Å². The SMILES string of the molecule is [2H]C([2H])(c1cccc(C)c1)C(C(=O)OCC)C(=O)OCC. The summed E-state index contributed by atoms with van der Waals surface area (Å²) in [6.45, 7) is 5.14. The fourth-order valence-corrected chi connectivity index (χ4v) is 1.57. The van der Waals surface area contributed by atoms with Crippen molar-refractivity contribution in [1.82, 2.24) is 0 Å². The van der Waals surface area contributed by atoms with Gasteiger partial charge < -0.3 is 9.47 Å². The molecule has 0 fully saturated rings. The molecule has 0 aromatic heterocycles. The first kappa shape index (κ1) is 12.2. The molecule has 0 atom stereocenters. The van der Waals surface area contributed by atoms with Gasteiger partial charge in [0.2, 0.25) is 0 Å². The number of aryl methyl sites for hydroxylation is 1. The van der Waals surface area contributed by atoms with Crippen LogP contribution in [0.25, 0.3) is 0 Å². The Bertz CT molecular complexity index is 496. The van der Waals surface area contributed by atoms with Gasteiger partial charge >= 0.3 is 11.9 Å². The predicted molar refractivity (Wildman–Crippen MR) is 71.6 cm³/mol. The second kappa shape index (κ2) is 7.56. The zero-order valence-electron chi connectivity index (χ0n) is 13.4. The van der Waals surface area contributed by atoms with Crippen LogP contribution >= 0.6 is 0 Å². The first-order valence-corrected chi connectivity index (χ1v) is 6.25. The van der Waals surface area contributed by atoms with Crippen LogP contribution in [0.15, 0.2) is 24.3 Å². The van der Waals surface area contributed by atoms with Gasteiger partial charge in [-0.05, 0) is 32.7 Å². The first-order valence-electron chi connectivity index (χ1n) is 7.25. The van der Waals surface area contributed by atoms with Crippen molar-refractivity contribution in [3.63, 3.8) is 0 Å². The lowest BCUT2D eigenvalue weighted by molar-refractivity contribution is -0.161. The number of carbonyl (C=O) groups is 2. The van der Waals surface area contributed by atoms with Gasteiger partial charge in [-0.1, -0.05) is 29.8 Å². The molecule has 0 bridgehead atoms. The van der Waals surface area contributed by atoms with Crippen LogP contribution < -0.4 is 0 Å². The quantitative estimate of drug-likeness (QED) is 0.585. The van der Waals surface area contributed by atoms with Crippen molar-refractivity contribution in [3.8, 4) is 0 Å². The van der Waals surface area contributed by atoms with Gasteiger partial charge in [0.05, 0.1) is 13.2 Å². The number of ether oxygens (including phenoxy) is 2. The van der Waals surface area contributed by atoms with E-state index in [0.29, 0.717) is 0 Å². The molecule has 0 saturated heterocycles. The molecule has 0 radical (unpaired) electrons.